The lowest BCUT2D eigenvalue weighted by Gasteiger charge is -2.33. The van der Waals surface area contributed by atoms with Crippen molar-refractivity contribution in [3.8, 4) is 16.5 Å². The number of thiophene rings is 1. The normalized spacial score (nSPS) is 25.5. The predicted octanol–water partition coefficient (Wildman–Crippen LogP) is 5.10. The minimum atomic E-state index is -1.84. The van der Waals surface area contributed by atoms with Crippen molar-refractivity contribution >= 4 is 27.5 Å². The van der Waals surface area contributed by atoms with Crippen LogP contribution >= 0.6 is 11.3 Å². The quantitative estimate of drug-likeness (QED) is 0.256. The number of carboxylic acids is 1. The van der Waals surface area contributed by atoms with Gasteiger partial charge in [-0.1, -0.05) is 32.0 Å². The zero-order valence-corrected chi connectivity index (χ0v) is 27.1. The van der Waals surface area contributed by atoms with Crippen molar-refractivity contribution in [1.82, 2.24) is 14.1 Å². The lowest BCUT2D eigenvalue weighted by atomic mass is 9.71. The van der Waals surface area contributed by atoms with Gasteiger partial charge in [0.2, 0.25) is 5.89 Å². The van der Waals surface area contributed by atoms with Crippen LogP contribution in [0.3, 0.4) is 0 Å². The van der Waals surface area contributed by atoms with E-state index in [2.05, 4.69) is 18.8 Å². The van der Waals surface area contributed by atoms with Gasteiger partial charge in [0.1, 0.15) is 28.5 Å². The number of para-hydroxylation sites is 1. The Morgan fingerprint density at radius 1 is 1.18 bits per heavy atom. The van der Waals surface area contributed by atoms with Crippen LogP contribution in [-0.2, 0) is 21.6 Å². The summed E-state index contributed by atoms with van der Waals surface area (Å²) in [6, 6.07) is 7.45. The van der Waals surface area contributed by atoms with Crippen LogP contribution in [0.25, 0.3) is 21.0 Å². The average molecular weight is 638 g/mol. The Hall–Kier alpha value is -3.74. The van der Waals surface area contributed by atoms with Gasteiger partial charge >= 0.3 is 11.7 Å². The minimum absolute atomic E-state index is 0.0107. The number of fused-ring (bicyclic) bond motifs is 2. The first-order chi connectivity index (χ1) is 21.2. The van der Waals surface area contributed by atoms with Crippen LogP contribution in [0.1, 0.15) is 70.6 Å². The summed E-state index contributed by atoms with van der Waals surface area (Å²) in [6.45, 7) is 8.83. The third-order valence-electron chi connectivity index (χ3n) is 10.3. The number of rotatable bonds is 9. The first-order valence-corrected chi connectivity index (χ1v) is 15.9. The summed E-state index contributed by atoms with van der Waals surface area (Å²) in [6.07, 6.45) is 4.64. The second kappa shape index (κ2) is 11.0. The van der Waals surface area contributed by atoms with Crippen molar-refractivity contribution in [2.24, 2.45) is 10.8 Å². The SMILES string of the molecule is COc1ccccc1C(Cn1c(=O)n(C(C)(C)C(=O)O)c(=O)c2c(C)c(-c3ncco3)sc21)OC1C[C@]2(C)CC(O)C[C@]2(C)C1. The highest BCUT2D eigenvalue weighted by atomic mass is 32.1. The molecule has 0 radical (unpaired) electrons. The Labute approximate surface area is 264 Å². The Morgan fingerprint density at radius 3 is 2.44 bits per heavy atom. The number of oxazole rings is 1. The van der Waals surface area contributed by atoms with E-state index >= 15 is 0 Å². The topological polar surface area (TPSA) is 146 Å². The van der Waals surface area contributed by atoms with Gasteiger partial charge in [0.05, 0.1) is 42.3 Å². The summed E-state index contributed by atoms with van der Waals surface area (Å²) in [5.41, 5.74) is -2.21. The molecule has 2 fully saturated rings. The van der Waals surface area contributed by atoms with Crippen LogP contribution in [0.4, 0.5) is 0 Å². The maximum Gasteiger partial charge on any atom is 0.333 e. The van der Waals surface area contributed by atoms with Gasteiger partial charge < -0.3 is 24.1 Å². The molecule has 0 spiro atoms. The number of ether oxygens (including phenoxy) is 2. The molecule has 0 amide bonds. The number of methoxy groups -OCH3 is 1. The lowest BCUT2D eigenvalue weighted by molar-refractivity contribution is -0.146. The molecule has 4 aromatic rings. The second-order valence-corrected chi connectivity index (χ2v) is 14.6. The maximum absolute atomic E-state index is 14.3. The van der Waals surface area contributed by atoms with Crippen LogP contribution in [-0.4, -0.2) is 49.6 Å². The third kappa shape index (κ3) is 4.94. The number of nitrogens with zero attached hydrogens (tertiary/aromatic N) is 3. The van der Waals surface area contributed by atoms with Gasteiger partial charge in [-0.05, 0) is 68.9 Å². The fourth-order valence-corrected chi connectivity index (χ4v) is 8.86. The molecule has 0 saturated heterocycles. The van der Waals surface area contributed by atoms with Gasteiger partial charge in [-0.2, -0.15) is 0 Å². The average Bonchev–Trinajstić information content (AvgIpc) is 3.70. The zero-order chi connectivity index (χ0) is 32.5. The molecule has 2 saturated carbocycles. The maximum atomic E-state index is 14.3. The molecule has 12 heteroatoms. The van der Waals surface area contributed by atoms with E-state index in [1.54, 1.807) is 14.0 Å². The molecule has 240 valence electrons. The Kier molecular flexibility index (Phi) is 7.61. The van der Waals surface area contributed by atoms with Crippen LogP contribution in [0, 0.1) is 17.8 Å². The highest BCUT2D eigenvalue weighted by Crippen LogP contribution is 2.63. The molecule has 3 heterocycles. The molecule has 6 rings (SSSR count). The van der Waals surface area contributed by atoms with E-state index in [0.717, 1.165) is 23.0 Å². The Balaban J connectivity index is 1.53. The standard InChI is InChI=1S/C33H39N3O8S/c1-18-24-27(38)36(31(2,3)29(39)40)30(41)35(28(24)45-25(18)26-34-11-12-43-26)17-23(21-9-7-8-10-22(21)42-6)44-20-15-32(4)13-19(37)14-33(32,5)16-20/h7-12,19-20,23,37H,13-17H2,1-6H3,(H,39,40)/t19?,20?,23?,32-,33+. The summed E-state index contributed by atoms with van der Waals surface area (Å²) >= 11 is 1.20. The fourth-order valence-electron chi connectivity index (χ4n) is 7.62. The number of aromatic nitrogens is 3. The smallest absolute Gasteiger partial charge is 0.333 e. The second-order valence-electron chi connectivity index (χ2n) is 13.6. The van der Waals surface area contributed by atoms with Crippen molar-refractivity contribution in [1.29, 1.82) is 0 Å². The molecule has 3 aromatic heterocycles. The number of aliphatic carboxylic acids is 1. The van der Waals surface area contributed by atoms with Crippen molar-refractivity contribution in [2.45, 2.75) is 90.7 Å². The highest BCUT2D eigenvalue weighted by Gasteiger charge is 2.58. The Bertz CT molecular complexity index is 1870. The summed E-state index contributed by atoms with van der Waals surface area (Å²) in [5, 5.41) is 20.8. The lowest BCUT2D eigenvalue weighted by Crippen LogP contribution is -2.52. The third-order valence-corrected chi connectivity index (χ3v) is 11.6. The number of benzene rings is 1. The first-order valence-electron chi connectivity index (χ1n) is 15.1. The number of aryl methyl sites for hydroxylation is 1. The van der Waals surface area contributed by atoms with Crippen LogP contribution in [0.5, 0.6) is 5.75 Å². The number of carboxylic acid groups (broad SMARTS) is 1. The van der Waals surface area contributed by atoms with Crippen molar-refractivity contribution < 1.29 is 28.9 Å². The van der Waals surface area contributed by atoms with Crippen molar-refractivity contribution in [3.63, 3.8) is 0 Å². The van der Waals surface area contributed by atoms with E-state index in [1.807, 2.05) is 24.3 Å². The summed E-state index contributed by atoms with van der Waals surface area (Å²) in [7, 11) is 1.57. The molecule has 2 aliphatic rings. The zero-order valence-electron chi connectivity index (χ0n) is 26.3. The van der Waals surface area contributed by atoms with E-state index in [9.17, 15) is 24.6 Å². The van der Waals surface area contributed by atoms with Gasteiger partial charge in [0, 0.05) is 5.56 Å². The monoisotopic (exact) mass is 637 g/mol. The Morgan fingerprint density at radius 2 is 1.84 bits per heavy atom. The summed E-state index contributed by atoms with van der Waals surface area (Å²) in [4.78, 5) is 45.9. The first kappa shape index (κ1) is 31.3. The highest BCUT2D eigenvalue weighted by molar-refractivity contribution is 7.22. The molecule has 5 atom stereocenters. The van der Waals surface area contributed by atoms with Crippen LogP contribution in [0.15, 0.2) is 50.7 Å². The van der Waals surface area contributed by atoms with Crippen molar-refractivity contribution in [3.05, 3.63) is 68.7 Å². The molecular weight excluding hydrogens is 598 g/mol. The minimum Gasteiger partial charge on any atom is -0.496 e. The molecular formula is C33H39N3O8S. The molecule has 2 aliphatic carbocycles. The van der Waals surface area contributed by atoms with Gasteiger partial charge in [-0.15, -0.1) is 11.3 Å². The molecule has 1 aromatic carbocycles. The van der Waals surface area contributed by atoms with E-state index in [4.69, 9.17) is 13.9 Å². The number of aliphatic hydroxyl groups is 1. The van der Waals surface area contributed by atoms with Gasteiger partial charge in [0.15, 0.2) is 0 Å². The number of hydrogen-bond donors (Lipinski definition) is 2. The van der Waals surface area contributed by atoms with Gasteiger partial charge in [-0.3, -0.25) is 9.36 Å². The number of carbonyl (C=O) groups is 1. The molecule has 45 heavy (non-hydrogen) atoms. The largest absolute Gasteiger partial charge is 0.496 e. The summed E-state index contributed by atoms with van der Waals surface area (Å²) in [5.74, 6) is -0.429. The summed E-state index contributed by atoms with van der Waals surface area (Å²) < 4.78 is 20.5. The van der Waals surface area contributed by atoms with E-state index in [1.165, 1.54) is 42.2 Å². The van der Waals surface area contributed by atoms with E-state index in [-0.39, 0.29) is 35.0 Å². The fraction of sp³-hybridized carbons (Fsp3) is 0.515. The van der Waals surface area contributed by atoms with Gasteiger partial charge in [-0.25, -0.2) is 19.1 Å². The number of hydrogen-bond acceptors (Lipinski definition) is 9. The van der Waals surface area contributed by atoms with Crippen LogP contribution < -0.4 is 16.0 Å². The molecule has 0 aliphatic heterocycles. The van der Waals surface area contributed by atoms with E-state index in [0.29, 0.717) is 39.8 Å². The molecule has 3 unspecified atom stereocenters. The molecule has 0 bridgehead atoms. The molecule has 11 nitrogen and oxygen atoms in total. The predicted molar refractivity (Wildman–Crippen MR) is 169 cm³/mol. The molecule has 2 N–H and O–H groups in total. The number of aliphatic hydroxyl groups excluding tert-OH is 1. The van der Waals surface area contributed by atoms with Crippen molar-refractivity contribution in [2.75, 3.05) is 7.11 Å². The van der Waals surface area contributed by atoms with Crippen LogP contribution in [0.2, 0.25) is 0 Å². The van der Waals surface area contributed by atoms with E-state index < -0.39 is 28.9 Å². The van der Waals surface area contributed by atoms with Gasteiger partial charge in [0.25, 0.3) is 5.56 Å².